The van der Waals surface area contributed by atoms with Crippen LogP contribution in [0, 0.1) is 17.8 Å². The van der Waals surface area contributed by atoms with E-state index in [1.165, 1.54) is 0 Å². The molecule has 4 nitrogen and oxygen atoms in total. The van der Waals surface area contributed by atoms with Crippen LogP contribution < -0.4 is 0 Å². The van der Waals surface area contributed by atoms with Gasteiger partial charge in [0.1, 0.15) is 0 Å². The van der Waals surface area contributed by atoms with Gasteiger partial charge in [-0.15, -0.1) is 0 Å². The topological polar surface area (TPSA) is 71.4 Å². The highest BCUT2D eigenvalue weighted by Gasteiger charge is 2.38. The van der Waals surface area contributed by atoms with Crippen LogP contribution in [0.3, 0.4) is 0 Å². The quantitative estimate of drug-likeness (QED) is 0.812. The minimum atomic E-state index is -2.90. The number of carboxylic acids is 1. The highest BCUT2D eigenvalue weighted by atomic mass is 32.2. The molecule has 1 heterocycles. The summed E-state index contributed by atoms with van der Waals surface area (Å²) in [6, 6.07) is 0. The van der Waals surface area contributed by atoms with Gasteiger partial charge < -0.3 is 5.11 Å². The molecule has 1 N–H and O–H groups in total. The molecule has 1 aliphatic carbocycles. The fourth-order valence-electron chi connectivity index (χ4n) is 2.66. The summed E-state index contributed by atoms with van der Waals surface area (Å²) in [5.74, 6) is -0.194. The number of carbonyl (C=O) groups is 1. The van der Waals surface area contributed by atoms with Gasteiger partial charge in [0.2, 0.25) is 0 Å². The molecule has 16 heavy (non-hydrogen) atoms. The van der Waals surface area contributed by atoms with Crippen molar-refractivity contribution in [1.29, 1.82) is 0 Å². The summed E-state index contributed by atoms with van der Waals surface area (Å²) in [4.78, 5) is 11.1. The zero-order chi connectivity index (χ0) is 11.8. The lowest BCUT2D eigenvalue weighted by molar-refractivity contribution is -0.143. The highest BCUT2D eigenvalue weighted by molar-refractivity contribution is 7.91. The lowest BCUT2D eigenvalue weighted by Crippen LogP contribution is -2.29. The van der Waals surface area contributed by atoms with Crippen LogP contribution in [0.15, 0.2) is 0 Å². The van der Waals surface area contributed by atoms with E-state index in [2.05, 4.69) is 0 Å². The van der Waals surface area contributed by atoms with E-state index in [9.17, 15) is 13.2 Å². The summed E-state index contributed by atoms with van der Waals surface area (Å²) in [6.07, 6.45) is 4.12. The largest absolute Gasteiger partial charge is 0.481 e. The number of hydrogen-bond donors (Lipinski definition) is 1. The Morgan fingerprint density at radius 1 is 1.31 bits per heavy atom. The maximum atomic E-state index is 11.5. The molecule has 0 aromatic carbocycles. The molecule has 2 rings (SSSR count). The Morgan fingerprint density at radius 3 is 2.50 bits per heavy atom. The Morgan fingerprint density at radius 2 is 2.00 bits per heavy atom. The molecule has 2 aliphatic rings. The molecular formula is C11H18O4S. The second kappa shape index (κ2) is 4.35. The monoisotopic (exact) mass is 246 g/mol. The molecule has 92 valence electrons. The Hall–Kier alpha value is -0.580. The van der Waals surface area contributed by atoms with Crippen molar-refractivity contribution in [1.82, 2.24) is 0 Å². The van der Waals surface area contributed by atoms with Gasteiger partial charge in [0.15, 0.2) is 9.84 Å². The van der Waals surface area contributed by atoms with E-state index in [1.54, 1.807) is 0 Å². The minimum Gasteiger partial charge on any atom is -0.481 e. The first kappa shape index (κ1) is 11.9. The molecule has 0 aromatic rings. The van der Waals surface area contributed by atoms with Crippen LogP contribution in [0.5, 0.6) is 0 Å². The molecule has 1 saturated heterocycles. The van der Waals surface area contributed by atoms with Gasteiger partial charge in [-0.2, -0.15) is 0 Å². The van der Waals surface area contributed by atoms with Gasteiger partial charge in [0, 0.05) is 0 Å². The van der Waals surface area contributed by atoms with Gasteiger partial charge in [-0.3, -0.25) is 4.79 Å². The van der Waals surface area contributed by atoms with Gasteiger partial charge in [-0.1, -0.05) is 0 Å². The zero-order valence-corrected chi connectivity index (χ0v) is 10.1. The number of aliphatic carboxylic acids is 1. The summed E-state index contributed by atoms with van der Waals surface area (Å²) < 4.78 is 22.9. The van der Waals surface area contributed by atoms with Crippen molar-refractivity contribution >= 4 is 15.8 Å². The molecule has 0 bridgehead atoms. The third-order valence-corrected chi connectivity index (χ3v) is 5.54. The van der Waals surface area contributed by atoms with Gasteiger partial charge in [0.25, 0.3) is 0 Å². The van der Waals surface area contributed by atoms with E-state index in [0.29, 0.717) is 18.8 Å². The first-order chi connectivity index (χ1) is 7.48. The maximum absolute atomic E-state index is 11.5. The molecule has 2 fully saturated rings. The first-order valence-corrected chi connectivity index (χ1v) is 7.73. The van der Waals surface area contributed by atoms with Crippen LogP contribution >= 0.6 is 0 Å². The van der Waals surface area contributed by atoms with E-state index < -0.39 is 15.8 Å². The third-order valence-electron chi connectivity index (χ3n) is 3.65. The normalized spacial score (nSPS) is 30.9. The third kappa shape index (κ3) is 2.97. The molecular weight excluding hydrogens is 228 g/mol. The van der Waals surface area contributed by atoms with Crippen LogP contribution in [0.4, 0.5) is 0 Å². The summed E-state index contributed by atoms with van der Waals surface area (Å²) in [7, 11) is -2.90. The van der Waals surface area contributed by atoms with Gasteiger partial charge in [-0.05, 0) is 43.9 Å². The van der Waals surface area contributed by atoms with Crippen LogP contribution in [-0.2, 0) is 14.6 Å². The molecule has 0 spiro atoms. The molecule has 0 amide bonds. The van der Waals surface area contributed by atoms with Crippen molar-refractivity contribution in [2.45, 2.75) is 32.1 Å². The van der Waals surface area contributed by atoms with Crippen LogP contribution in [0.2, 0.25) is 0 Å². The predicted octanol–water partition coefficient (Wildman–Crippen LogP) is 1.31. The average molecular weight is 246 g/mol. The van der Waals surface area contributed by atoms with Crippen molar-refractivity contribution in [3.63, 3.8) is 0 Å². The smallest absolute Gasteiger partial charge is 0.306 e. The van der Waals surface area contributed by atoms with Gasteiger partial charge in [-0.25, -0.2) is 8.42 Å². The molecule has 0 radical (unpaired) electrons. The van der Waals surface area contributed by atoms with E-state index in [0.717, 1.165) is 19.3 Å². The first-order valence-electron chi connectivity index (χ1n) is 5.91. The summed E-state index contributed by atoms with van der Waals surface area (Å²) in [6.45, 7) is 0. The zero-order valence-electron chi connectivity index (χ0n) is 9.26. The molecule has 2 unspecified atom stereocenters. The van der Waals surface area contributed by atoms with E-state index in [4.69, 9.17) is 5.11 Å². The van der Waals surface area contributed by atoms with Crippen molar-refractivity contribution in [3.8, 4) is 0 Å². The summed E-state index contributed by atoms with van der Waals surface area (Å²) in [5, 5.41) is 9.09. The van der Waals surface area contributed by atoms with Crippen LogP contribution in [0.25, 0.3) is 0 Å². The lowest BCUT2D eigenvalue weighted by atomic mass is 9.89. The summed E-state index contributed by atoms with van der Waals surface area (Å²) >= 11 is 0. The maximum Gasteiger partial charge on any atom is 0.306 e. The van der Waals surface area contributed by atoms with Crippen LogP contribution in [0.1, 0.15) is 32.1 Å². The number of rotatable bonds is 4. The lowest BCUT2D eigenvalue weighted by Gasteiger charge is -2.24. The molecule has 1 saturated carbocycles. The van der Waals surface area contributed by atoms with Gasteiger partial charge >= 0.3 is 5.97 Å². The fraction of sp³-hybridized carbons (Fsp3) is 0.909. The number of carboxylic acid groups (broad SMARTS) is 1. The van der Waals surface area contributed by atoms with Crippen molar-refractivity contribution in [2.24, 2.45) is 17.8 Å². The molecule has 0 aromatic heterocycles. The molecule has 1 aliphatic heterocycles. The van der Waals surface area contributed by atoms with Crippen molar-refractivity contribution in [3.05, 3.63) is 0 Å². The average Bonchev–Trinajstić information content (AvgIpc) is 2.95. The Labute approximate surface area is 96.0 Å². The van der Waals surface area contributed by atoms with Crippen molar-refractivity contribution < 1.29 is 18.3 Å². The highest BCUT2D eigenvalue weighted by Crippen LogP contribution is 2.41. The van der Waals surface area contributed by atoms with E-state index in [1.807, 2.05) is 0 Å². The number of sulfone groups is 1. The second-order valence-electron chi connectivity index (χ2n) is 5.14. The SMILES string of the molecule is O=C(O)C(CC1CCCS(=O)(=O)C1)C1CC1. The van der Waals surface area contributed by atoms with Crippen LogP contribution in [-0.4, -0.2) is 31.0 Å². The Balaban J connectivity index is 1.94. The molecule has 2 atom stereocenters. The van der Waals surface area contributed by atoms with E-state index in [-0.39, 0.29) is 23.3 Å². The number of hydrogen-bond acceptors (Lipinski definition) is 3. The second-order valence-corrected chi connectivity index (χ2v) is 7.37. The summed E-state index contributed by atoms with van der Waals surface area (Å²) in [5.41, 5.74) is 0. The van der Waals surface area contributed by atoms with Gasteiger partial charge in [0.05, 0.1) is 17.4 Å². The van der Waals surface area contributed by atoms with E-state index >= 15 is 0 Å². The predicted molar refractivity (Wildman–Crippen MR) is 59.8 cm³/mol. The minimum absolute atomic E-state index is 0.0699. The van der Waals surface area contributed by atoms with Crippen molar-refractivity contribution in [2.75, 3.05) is 11.5 Å². The Kier molecular flexibility index (Phi) is 3.24. The fourth-order valence-corrected chi connectivity index (χ4v) is 4.45. The standard InChI is InChI=1S/C11H18O4S/c12-11(13)10(9-3-4-9)6-8-2-1-5-16(14,15)7-8/h8-10H,1-7H2,(H,12,13). The Bertz CT molecular complexity index is 369. The molecule has 5 heteroatoms.